The predicted molar refractivity (Wildman–Crippen MR) is 73.0 cm³/mol. The lowest BCUT2D eigenvalue weighted by atomic mass is 9.69. The van der Waals surface area contributed by atoms with E-state index in [0.717, 1.165) is 12.0 Å². The van der Waals surface area contributed by atoms with E-state index in [1.165, 1.54) is 64.3 Å². The highest BCUT2D eigenvalue weighted by Crippen LogP contribution is 2.50. The van der Waals surface area contributed by atoms with Crippen molar-refractivity contribution in [1.82, 2.24) is 5.32 Å². The number of nitrogens with one attached hydrogen (secondary N) is 1. The van der Waals surface area contributed by atoms with E-state index >= 15 is 0 Å². The second kappa shape index (κ2) is 4.76. The number of allylic oxidation sites excluding steroid dienone is 1. The van der Waals surface area contributed by atoms with E-state index in [1.807, 2.05) is 5.57 Å². The summed E-state index contributed by atoms with van der Waals surface area (Å²) in [5.41, 5.74) is 2.37. The first-order valence-corrected chi connectivity index (χ1v) is 7.74. The van der Waals surface area contributed by atoms with Gasteiger partial charge in [-0.2, -0.15) is 0 Å². The van der Waals surface area contributed by atoms with Gasteiger partial charge in [0.25, 0.3) is 0 Å². The molecule has 3 rings (SSSR count). The molecule has 0 amide bonds. The number of rotatable bonds is 4. The van der Waals surface area contributed by atoms with Gasteiger partial charge in [-0.3, -0.25) is 0 Å². The fourth-order valence-corrected chi connectivity index (χ4v) is 4.00. The molecule has 1 heteroatoms. The van der Waals surface area contributed by atoms with Gasteiger partial charge < -0.3 is 5.32 Å². The van der Waals surface area contributed by atoms with E-state index < -0.39 is 0 Å². The SMILES string of the molecule is CC1CCCC1(CNC1CC1)C1=CCCCC1. The van der Waals surface area contributed by atoms with Gasteiger partial charge in [0.1, 0.15) is 0 Å². The Hall–Kier alpha value is -0.300. The summed E-state index contributed by atoms with van der Waals surface area (Å²) < 4.78 is 0. The Labute approximate surface area is 106 Å². The lowest BCUT2D eigenvalue weighted by Crippen LogP contribution is -2.39. The first kappa shape index (κ1) is 11.8. The average molecular weight is 233 g/mol. The summed E-state index contributed by atoms with van der Waals surface area (Å²) in [5, 5.41) is 3.83. The van der Waals surface area contributed by atoms with Crippen molar-refractivity contribution >= 4 is 0 Å². The van der Waals surface area contributed by atoms with E-state index in [1.54, 1.807) is 0 Å². The second-order valence-electron chi connectivity index (χ2n) is 6.58. The van der Waals surface area contributed by atoms with Gasteiger partial charge >= 0.3 is 0 Å². The normalized spacial score (nSPS) is 38.2. The molecule has 2 fully saturated rings. The average Bonchev–Trinajstić information content (AvgIpc) is 3.12. The molecule has 96 valence electrons. The van der Waals surface area contributed by atoms with Crippen LogP contribution in [0.2, 0.25) is 0 Å². The van der Waals surface area contributed by atoms with Crippen LogP contribution in [-0.4, -0.2) is 12.6 Å². The molecule has 0 aliphatic heterocycles. The molecule has 0 radical (unpaired) electrons. The molecule has 0 heterocycles. The molecule has 0 aromatic heterocycles. The van der Waals surface area contributed by atoms with Crippen LogP contribution in [0.4, 0.5) is 0 Å². The molecule has 0 spiro atoms. The third-order valence-corrected chi connectivity index (χ3v) is 5.42. The molecule has 3 aliphatic rings. The van der Waals surface area contributed by atoms with Crippen LogP contribution < -0.4 is 5.32 Å². The lowest BCUT2D eigenvalue weighted by molar-refractivity contribution is 0.246. The van der Waals surface area contributed by atoms with Crippen LogP contribution in [0.3, 0.4) is 0 Å². The van der Waals surface area contributed by atoms with Crippen molar-refractivity contribution in [3.63, 3.8) is 0 Å². The van der Waals surface area contributed by atoms with Gasteiger partial charge in [0.2, 0.25) is 0 Å². The molecule has 0 saturated heterocycles. The van der Waals surface area contributed by atoms with Gasteiger partial charge in [0.15, 0.2) is 0 Å². The minimum absolute atomic E-state index is 0.545. The molecule has 0 aromatic rings. The van der Waals surface area contributed by atoms with Crippen LogP contribution in [0.15, 0.2) is 11.6 Å². The highest BCUT2D eigenvalue weighted by molar-refractivity contribution is 5.21. The summed E-state index contributed by atoms with van der Waals surface area (Å²) >= 11 is 0. The van der Waals surface area contributed by atoms with Crippen molar-refractivity contribution in [2.45, 2.75) is 70.8 Å². The highest BCUT2D eigenvalue weighted by atomic mass is 15.0. The first-order valence-electron chi connectivity index (χ1n) is 7.74. The molecule has 2 atom stereocenters. The Balaban J connectivity index is 1.76. The fourth-order valence-electron chi connectivity index (χ4n) is 4.00. The number of hydrogen-bond acceptors (Lipinski definition) is 1. The van der Waals surface area contributed by atoms with Crippen LogP contribution in [0, 0.1) is 11.3 Å². The minimum Gasteiger partial charge on any atom is -0.313 e. The zero-order valence-corrected chi connectivity index (χ0v) is 11.3. The molecular weight excluding hydrogens is 206 g/mol. The van der Waals surface area contributed by atoms with Gasteiger partial charge in [0, 0.05) is 18.0 Å². The highest BCUT2D eigenvalue weighted by Gasteiger charge is 2.43. The minimum atomic E-state index is 0.545. The van der Waals surface area contributed by atoms with E-state index in [2.05, 4.69) is 18.3 Å². The van der Waals surface area contributed by atoms with Crippen molar-refractivity contribution in [2.75, 3.05) is 6.54 Å². The zero-order valence-electron chi connectivity index (χ0n) is 11.3. The quantitative estimate of drug-likeness (QED) is 0.722. The van der Waals surface area contributed by atoms with Crippen LogP contribution >= 0.6 is 0 Å². The van der Waals surface area contributed by atoms with Gasteiger partial charge in [0.05, 0.1) is 0 Å². The monoisotopic (exact) mass is 233 g/mol. The molecule has 17 heavy (non-hydrogen) atoms. The summed E-state index contributed by atoms with van der Waals surface area (Å²) in [5.74, 6) is 0.901. The van der Waals surface area contributed by atoms with Gasteiger partial charge in [-0.05, 0) is 57.3 Å². The van der Waals surface area contributed by atoms with E-state index in [4.69, 9.17) is 0 Å². The molecule has 1 N–H and O–H groups in total. The van der Waals surface area contributed by atoms with Crippen LogP contribution in [0.1, 0.15) is 64.7 Å². The van der Waals surface area contributed by atoms with Crippen LogP contribution in [-0.2, 0) is 0 Å². The van der Waals surface area contributed by atoms with E-state index in [0.29, 0.717) is 5.41 Å². The third kappa shape index (κ3) is 2.31. The van der Waals surface area contributed by atoms with Crippen LogP contribution in [0.25, 0.3) is 0 Å². The smallest absolute Gasteiger partial charge is 0.00685 e. The predicted octanol–water partition coefficient (Wildman–Crippen LogP) is 4.05. The standard InChI is InChI=1S/C16H27N/c1-13-6-5-11-16(13,12-17-15-9-10-15)14-7-3-2-4-8-14/h7,13,15,17H,2-6,8-12H2,1H3. The molecule has 2 saturated carbocycles. The Morgan fingerprint density at radius 3 is 2.71 bits per heavy atom. The van der Waals surface area contributed by atoms with Crippen molar-refractivity contribution in [3.8, 4) is 0 Å². The summed E-state index contributed by atoms with van der Waals surface area (Å²) in [6, 6.07) is 0.865. The molecule has 1 nitrogen and oxygen atoms in total. The Morgan fingerprint density at radius 2 is 2.12 bits per heavy atom. The van der Waals surface area contributed by atoms with Crippen molar-refractivity contribution in [1.29, 1.82) is 0 Å². The summed E-state index contributed by atoms with van der Waals surface area (Å²) in [6.45, 7) is 3.77. The Bertz CT molecular complexity index is 303. The maximum absolute atomic E-state index is 3.83. The van der Waals surface area contributed by atoms with E-state index in [9.17, 15) is 0 Å². The Kier molecular flexibility index (Phi) is 3.30. The topological polar surface area (TPSA) is 12.0 Å². The fraction of sp³-hybridized carbons (Fsp3) is 0.875. The molecule has 3 aliphatic carbocycles. The zero-order chi connectivity index (χ0) is 11.7. The van der Waals surface area contributed by atoms with Crippen LogP contribution in [0.5, 0.6) is 0 Å². The number of hydrogen-bond donors (Lipinski definition) is 1. The molecule has 0 aromatic carbocycles. The lowest BCUT2D eigenvalue weighted by Gasteiger charge is -2.38. The van der Waals surface area contributed by atoms with Crippen molar-refractivity contribution < 1.29 is 0 Å². The first-order chi connectivity index (χ1) is 8.31. The summed E-state index contributed by atoms with van der Waals surface area (Å²) in [6.07, 6.45) is 15.4. The van der Waals surface area contributed by atoms with Gasteiger partial charge in [-0.25, -0.2) is 0 Å². The van der Waals surface area contributed by atoms with E-state index in [-0.39, 0.29) is 0 Å². The second-order valence-corrected chi connectivity index (χ2v) is 6.58. The van der Waals surface area contributed by atoms with Gasteiger partial charge in [-0.15, -0.1) is 0 Å². The summed E-state index contributed by atoms with van der Waals surface area (Å²) in [7, 11) is 0. The molecule has 2 unspecified atom stereocenters. The maximum atomic E-state index is 3.83. The Morgan fingerprint density at radius 1 is 1.24 bits per heavy atom. The largest absolute Gasteiger partial charge is 0.313 e. The summed E-state index contributed by atoms with van der Waals surface area (Å²) in [4.78, 5) is 0. The maximum Gasteiger partial charge on any atom is 0.00685 e. The molecule has 0 bridgehead atoms. The van der Waals surface area contributed by atoms with Crippen molar-refractivity contribution in [2.24, 2.45) is 11.3 Å². The third-order valence-electron chi connectivity index (χ3n) is 5.42. The van der Waals surface area contributed by atoms with Crippen molar-refractivity contribution in [3.05, 3.63) is 11.6 Å². The molecular formula is C16H27N. The van der Waals surface area contributed by atoms with Gasteiger partial charge in [-0.1, -0.05) is 25.0 Å².